The maximum atomic E-state index is 12.8. The third-order valence-electron chi connectivity index (χ3n) is 2.45. The highest BCUT2D eigenvalue weighted by Gasteiger charge is 2.33. The number of nitrogens with one attached hydrogen (secondary N) is 2. The van der Waals surface area contributed by atoms with Gasteiger partial charge in [-0.1, -0.05) is 12.1 Å². The first kappa shape index (κ1) is 15.0. The van der Waals surface area contributed by atoms with Crippen molar-refractivity contribution in [2.24, 2.45) is 0 Å². The molecule has 1 aromatic carbocycles. The molecule has 2 aromatic rings. The third-order valence-corrected chi connectivity index (χ3v) is 2.66. The number of para-hydroxylation sites is 1. The monoisotopic (exact) mass is 314 g/mol. The molecule has 0 unspecified atom stereocenters. The van der Waals surface area contributed by atoms with Gasteiger partial charge in [0.2, 0.25) is 0 Å². The summed E-state index contributed by atoms with van der Waals surface area (Å²) in [4.78, 5) is 11.6. The first-order valence-electron chi connectivity index (χ1n) is 5.70. The largest absolute Gasteiger partial charge is 0.459 e. The van der Waals surface area contributed by atoms with Crippen molar-refractivity contribution >= 4 is 28.9 Å². The minimum Gasteiger partial charge on any atom is -0.459 e. The van der Waals surface area contributed by atoms with Gasteiger partial charge in [0.25, 0.3) is 5.91 Å². The van der Waals surface area contributed by atoms with Crippen LogP contribution in [0, 0.1) is 0 Å². The van der Waals surface area contributed by atoms with Crippen molar-refractivity contribution in [1.29, 1.82) is 0 Å². The second kappa shape index (κ2) is 5.96. The van der Waals surface area contributed by atoms with Gasteiger partial charge in [-0.15, -0.1) is 0 Å². The summed E-state index contributed by atoms with van der Waals surface area (Å²) in [6.45, 7) is 0. The summed E-state index contributed by atoms with van der Waals surface area (Å²) in [5.74, 6) is -0.648. The van der Waals surface area contributed by atoms with Crippen LogP contribution in [0.4, 0.5) is 18.9 Å². The zero-order valence-corrected chi connectivity index (χ0v) is 11.2. The summed E-state index contributed by atoms with van der Waals surface area (Å²) in [7, 11) is 0. The Balaban J connectivity index is 2.09. The maximum Gasteiger partial charge on any atom is 0.418 e. The third kappa shape index (κ3) is 3.82. The van der Waals surface area contributed by atoms with Crippen LogP contribution in [0.1, 0.15) is 16.1 Å². The van der Waals surface area contributed by atoms with Crippen molar-refractivity contribution in [3.63, 3.8) is 0 Å². The number of thiocarbonyl (C=S) groups is 1. The van der Waals surface area contributed by atoms with E-state index in [0.29, 0.717) is 0 Å². The smallest absolute Gasteiger partial charge is 0.418 e. The zero-order chi connectivity index (χ0) is 15.5. The van der Waals surface area contributed by atoms with Gasteiger partial charge >= 0.3 is 6.18 Å². The molecular formula is C13H9F3N2O2S. The molecular weight excluding hydrogens is 305 g/mol. The molecule has 0 atom stereocenters. The number of carbonyl (C=O) groups excluding carboxylic acids is 1. The Bertz CT molecular complexity index is 654. The summed E-state index contributed by atoms with van der Waals surface area (Å²) in [6.07, 6.45) is -3.23. The van der Waals surface area contributed by atoms with Crippen LogP contribution in [-0.2, 0) is 6.18 Å². The molecule has 0 aliphatic rings. The summed E-state index contributed by atoms with van der Waals surface area (Å²) in [6, 6.07) is 7.73. The molecule has 2 rings (SSSR count). The van der Waals surface area contributed by atoms with Crippen molar-refractivity contribution in [3.05, 3.63) is 54.0 Å². The molecule has 4 nitrogen and oxygen atoms in total. The second-order valence-corrected chi connectivity index (χ2v) is 4.34. The van der Waals surface area contributed by atoms with E-state index in [1.165, 1.54) is 36.6 Å². The van der Waals surface area contributed by atoms with Gasteiger partial charge in [0.1, 0.15) is 0 Å². The van der Waals surface area contributed by atoms with E-state index in [9.17, 15) is 18.0 Å². The van der Waals surface area contributed by atoms with E-state index in [1.54, 1.807) is 0 Å². The van der Waals surface area contributed by atoms with Crippen LogP contribution in [0.5, 0.6) is 0 Å². The molecule has 0 aliphatic heterocycles. The lowest BCUT2D eigenvalue weighted by molar-refractivity contribution is -0.136. The summed E-state index contributed by atoms with van der Waals surface area (Å²) in [5.41, 5.74) is -1.12. The lowest BCUT2D eigenvalue weighted by Gasteiger charge is -2.14. The van der Waals surface area contributed by atoms with Gasteiger partial charge in [0.15, 0.2) is 10.9 Å². The molecule has 1 heterocycles. The predicted octanol–water partition coefficient (Wildman–Crippen LogP) is 3.43. The van der Waals surface area contributed by atoms with Crippen LogP contribution in [0.15, 0.2) is 47.1 Å². The van der Waals surface area contributed by atoms with E-state index in [1.807, 2.05) is 0 Å². The first-order valence-corrected chi connectivity index (χ1v) is 6.11. The first-order chi connectivity index (χ1) is 9.88. The van der Waals surface area contributed by atoms with Crippen LogP contribution >= 0.6 is 12.2 Å². The molecule has 0 saturated heterocycles. The average molecular weight is 314 g/mol. The molecule has 0 spiro atoms. The molecule has 0 bridgehead atoms. The van der Waals surface area contributed by atoms with Crippen molar-refractivity contribution in [3.8, 4) is 0 Å². The van der Waals surface area contributed by atoms with Gasteiger partial charge in [-0.25, -0.2) is 0 Å². The van der Waals surface area contributed by atoms with Crippen LogP contribution in [0.3, 0.4) is 0 Å². The van der Waals surface area contributed by atoms with Gasteiger partial charge in [-0.3, -0.25) is 10.1 Å². The number of amides is 1. The van der Waals surface area contributed by atoms with E-state index in [4.69, 9.17) is 16.6 Å². The molecule has 21 heavy (non-hydrogen) atoms. The number of rotatable bonds is 2. The Morgan fingerprint density at radius 1 is 1.14 bits per heavy atom. The maximum absolute atomic E-state index is 12.8. The number of benzene rings is 1. The van der Waals surface area contributed by atoms with E-state index in [0.717, 1.165) is 6.07 Å². The fourth-order valence-electron chi connectivity index (χ4n) is 1.57. The van der Waals surface area contributed by atoms with Crippen LogP contribution in [0.2, 0.25) is 0 Å². The molecule has 0 aliphatic carbocycles. The number of alkyl halides is 3. The van der Waals surface area contributed by atoms with Crippen molar-refractivity contribution in [1.82, 2.24) is 5.32 Å². The zero-order valence-electron chi connectivity index (χ0n) is 10.4. The van der Waals surface area contributed by atoms with Crippen molar-refractivity contribution < 1.29 is 22.4 Å². The van der Waals surface area contributed by atoms with E-state index < -0.39 is 17.6 Å². The SMILES string of the molecule is O=C(NC(=S)Nc1ccccc1C(F)(F)F)c1ccco1. The summed E-state index contributed by atoms with van der Waals surface area (Å²) < 4.78 is 43.2. The minimum absolute atomic E-state index is 0.00302. The fraction of sp³-hybridized carbons (Fsp3) is 0.0769. The minimum atomic E-state index is -4.52. The van der Waals surface area contributed by atoms with Gasteiger partial charge in [0.05, 0.1) is 17.5 Å². The number of anilines is 1. The highest BCUT2D eigenvalue weighted by atomic mass is 32.1. The van der Waals surface area contributed by atoms with E-state index in [2.05, 4.69) is 10.6 Å². The summed E-state index contributed by atoms with van der Waals surface area (Å²) in [5, 5.41) is 4.32. The van der Waals surface area contributed by atoms with Gasteiger partial charge in [0, 0.05) is 0 Å². The number of hydrogen-bond acceptors (Lipinski definition) is 3. The molecule has 2 N–H and O–H groups in total. The highest BCUT2D eigenvalue weighted by molar-refractivity contribution is 7.80. The van der Waals surface area contributed by atoms with E-state index in [-0.39, 0.29) is 16.6 Å². The normalized spacial score (nSPS) is 11.0. The van der Waals surface area contributed by atoms with Gasteiger partial charge in [-0.2, -0.15) is 13.2 Å². The van der Waals surface area contributed by atoms with Gasteiger partial charge in [-0.05, 0) is 36.5 Å². The molecule has 8 heteroatoms. The number of furan rings is 1. The molecule has 1 aromatic heterocycles. The second-order valence-electron chi connectivity index (χ2n) is 3.93. The lowest BCUT2D eigenvalue weighted by Crippen LogP contribution is -2.34. The number of carbonyl (C=O) groups is 1. The van der Waals surface area contributed by atoms with Crippen LogP contribution in [0.25, 0.3) is 0 Å². The Kier molecular flexibility index (Phi) is 4.27. The van der Waals surface area contributed by atoms with Crippen molar-refractivity contribution in [2.75, 3.05) is 5.32 Å². The fourth-order valence-corrected chi connectivity index (χ4v) is 1.77. The predicted molar refractivity (Wildman–Crippen MR) is 73.8 cm³/mol. The lowest BCUT2D eigenvalue weighted by atomic mass is 10.1. The average Bonchev–Trinajstić information content (AvgIpc) is 2.91. The molecule has 0 radical (unpaired) electrons. The van der Waals surface area contributed by atoms with Crippen LogP contribution < -0.4 is 10.6 Å². The number of hydrogen-bond donors (Lipinski definition) is 2. The standard InChI is InChI=1S/C13H9F3N2O2S/c14-13(15,16)8-4-1-2-5-9(8)17-12(21)18-11(19)10-6-3-7-20-10/h1-7H,(H2,17,18,19,21). The Hall–Kier alpha value is -2.35. The Morgan fingerprint density at radius 2 is 1.86 bits per heavy atom. The van der Waals surface area contributed by atoms with Gasteiger partial charge < -0.3 is 9.73 Å². The molecule has 110 valence electrons. The quantitative estimate of drug-likeness (QED) is 0.834. The molecule has 0 fully saturated rings. The number of halogens is 3. The topological polar surface area (TPSA) is 54.3 Å². The van der Waals surface area contributed by atoms with Crippen molar-refractivity contribution in [2.45, 2.75) is 6.18 Å². The van der Waals surface area contributed by atoms with E-state index >= 15 is 0 Å². The Labute approximate surface area is 122 Å². The molecule has 1 amide bonds. The highest BCUT2D eigenvalue weighted by Crippen LogP contribution is 2.34. The molecule has 0 saturated carbocycles. The Morgan fingerprint density at radius 3 is 2.48 bits per heavy atom. The van der Waals surface area contributed by atoms with Crippen LogP contribution in [-0.4, -0.2) is 11.0 Å². The summed E-state index contributed by atoms with van der Waals surface area (Å²) >= 11 is 4.82.